The van der Waals surface area contributed by atoms with Crippen molar-refractivity contribution in [2.75, 3.05) is 18.4 Å². The molecule has 4 N–H and O–H groups in total. The van der Waals surface area contributed by atoms with Gasteiger partial charge >= 0.3 is 18.1 Å². The zero-order valence-electron chi connectivity index (χ0n) is 15.7. The third kappa shape index (κ3) is 10.3. The van der Waals surface area contributed by atoms with Gasteiger partial charge in [0, 0.05) is 25.2 Å². The number of carboxylic acid groups (broad SMARTS) is 2. The second-order valence-electron chi connectivity index (χ2n) is 6.34. The number of carboxylic acids is 2. The van der Waals surface area contributed by atoms with Crippen molar-refractivity contribution in [3.8, 4) is 0 Å². The fourth-order valence-corrected chi connectivity index (χ4v) is 2.50. The number of fused-ring (bicyclic) bond motifs is 1. The highest BCUT2D eigenvalue weighted by atomic mass is 19.4. The van der Waals surface area contributed by atoms with Crippen LogP contribution in [0.2, 0.25) is 0 Å². The van der Waals surface area contributed by atoms with Crippen LogP contribution in [0.5, 0.6) is 0 Å². The van der Waals surface area contributed by atoms with Gasteiger partial charge in [0.15, 0.2) is 0 Å². The van der Waals surface area contributed by atoms with Crippen LogP contribution >= 0.6 is 0 Å². The first kappa shape index (κ1) is 24.2. The van der Waals surface area contributed by atoms with Gasteiger partial charge in [-0.1, -0.05) is 6.07 Å². The van der Waals surface area contributed by atoms with E-state index in [1.165, 1.54) is 5.56 Å². The number of rotatable bonds is 8. The van der Waals surface area contributed by atoms with E-state index in [1.807, 2.05) is 0 Å². The zero-order valence-corrected chi connectivity index (χ0v) is 15.7. The lowest BCUT2D eigenvalue weighted by Gasteiger charge is -2.17. The highest BCUT2D eigenvalue weighted by molar-refractivity contribution is 5.76. The molecule has 0 saturated carbocycles. The molecule has 11 heteroatoms. The lowest BCUT2D eigenvalue weighted by atomic mass is 10.1. The molecule has 1 aliphatic heterocycles. The molecule has 0 fully saturated rings. The van der Waals surface area contributed by atoms with E-state index >= 15 is 0 Å². The van der Waals surface area contributed by atoms with Crippen LogP contribution < -0.4 is 10.6 Å². The standard InChI is InChI=1S/C16H23N3O3.C2HF3O2/c20-14(17-11-9-15(21)22)6-2-1-5-13-8-7-12-4-3-10-18-16(12)19-13;3-2(4,5)1(6)7/h7-8H,1-6,9-11H2,(H,17,20)(H,18,19)(H,21,22);(H,6,7). The molecular weight excluding hydrogens is 395 g/mol. The number of anilines is 1. The summed E-state index contributed by atoms with van der Waals surface area (Å²) in [5.41, 5.74) is 2.34. The summed E-state index contributed by atoms with van der Waals surface area (Å²) in [6, 6.07) is 4.21. The average molecular weight is 419 g/mol. The van der Waals surface area contributed by atoms with Gasteiger partial charge in [-0.25, -0.2) is 9.78 Å². The van der Waals surface area contributed by atoms with Crippen molar-refractivity contribution >= 4 is 23.7 Å². The van der Waals surface area contributed by atoms with Crippen LogP contribution in [0, 0.1) is 0 Å². The Bertz CT molecular complexity index is 710. The summed E-state index contributed by atoms with van der Waals surface area (Å²) in [4.78, 5) is 35.4. The number of hydrogen-bond donors (Lipinski definition) is 4. The Labute approximate surface area is 165 Å². The second-order valence-corrected chi connectivity index (χ2v) is 6.34. The summed E-state index contributed by atoms with van der Waals surface area (Å²) in [6.07, 6.45) is 0.109. The summed E-state index contributed by atoms with van der Waals surface area (Å²) in [5.74, 6) is -2.73. The molecule has 1 aliphatic rings. The van der Waals surface area contributed by atoms with Crippen molar-refractivity contribution in [2.45, 2.75) is 51.1 Å². The molecule has 1 aromatic heterocycles. The number of aliphatic carboxylic acids is 2. The van der Waals surface area contributed by atoms with E-state index in [4.69, 9.17) is 15.0 Å². The highest BCUT2D eigenvalue weighted by Gasteiger charge is 2.38. The fourth-order valence-electron chi connectivity index (χ4n) is 2.50. The van der Waals surface area contributed by atoms with Crippen molar-refractivity contribution in [3.63, 3.8) is 0 Å². The first-order valence-corrected chi connectivity index (χ1v) is 9.11. The topological polar surface area (TPSA) is 129 Å². The molecular formula is C18H24F3N3O5. The summed E-state index contributed by atoms with van der Waals surface area (Å²) in [7, 11) is 0. The van der Waals surface area contributed by atoms with Gasteiger partial charge < -0.3 is 20.8 Å². The van der Waals surface area contributed by atoms with E-state index in [1.54, 1.807) is 0 Å². The molecule has 0 bridgehead atoms. The molecule has 2 heterocycles. The number of hydrogen-bond acceptors (Lipinski definition) is 5. The van der Waals surface area contributed by atoms with E-state index in [-0.39, 0.29) is 18.9 Å². The largest absolute Gasteiger partial charge is 0.490 e. The van der Waals surface area contributed by atoms with E-state index in [0.717, 1.165) is 50.2 Å². The third-order valence-electron chi connectivity index (χ3n) is 3.94. The van der Waals surface area contributed by atoms with Crippen LogP contribution in [-0.4, -0.2) is 52.3 Å². The fraction of sp³-hybridized carbons (Fsp3) is 0.556. The quantitative estimate of drug-likeness (QED) is 0.476. The van der Waals surface area contributed by atoms with E-state index in [0.29, 0.717) is 6.42 Å². The Morgan fingerprint density at radius 3 is 2.45 bits per heavy atom. The van der Waals surface area contributed by atoms with Gasteiger partial charge in [-0.2, -0.15) is 13.2 Å². The Hall–Kier alpha value is -2.85. The Morgan fingerprint density at radius 2 is 1.83 bits per heavy atom. The summed E-state index contributed by atoms with van der Waals surface area (Å²) < 4.78 is 31.7. The van der Waals surface area contributed by atoms with Crippen LogP contribution in [0.4, 0.5) is 19.0 Å². The number of unbranched alkanes of at least 4 members (excludes halogenated alkanes) is 1. The van der Waals surface area contributed by atoms with Gasteiger partial charge in [0.05, 0.1) is 6.42 Å². The normalized spacial score (nSPS) is 12.7. The molecule has 1 aromatic rings. The Balaban J connectivity index is 0.000000516. The third-order valence-corrected chi connectivity index (χ3v) is 3.94. The maximum absolute atomic E-state index is 11.5. The summed E-state index contributed by atoms with van der Waals surface area (Å²) in [5, 5.41) is 21.5. The van der Waals surface area contributed by atoms with Gasteiger partial charge in [-0.15, -0.1) is 0 Å². The molecule has 8 nitrogen and oxygen atoms in total. The first-order valence-electron chi connectivity index (χ1n) is 9.11. The molecule has 0 unspecified atom stereocenters. The maximum atomic E-state index is 11.5. The van der Waals surface area contributed by atoms with E-state index in [9.17, 15) is 22.8 Å². The maximum Gasteiger partial charge on any atom is 0.490 e. The molecule has 0 spiro atoms. The van der Waals surface area contributed by atoms with E-state index < -0.39 is 18.1 Å². The van der Waals surface area contributed by atoms with Crippen LogP contribution in [0.3, 0.4) is 0 Å². The number of carbonyl (C=O) groups is 3. The number of pyridine rings is 1. The monoisotopic (exact) mass is 419 g/mol. The van der Waals surface area contributed by atoms with Gasteiger partial charge in [-0.3, -0.25) is 9.59 Å². The molecule has 162 valence electrons. The zero-order chi connectivity index (χ0) is 21.9. The molecule has 1 amide bonds. The Morgan fingerprint density at radius 1 is 1.14 bits per heavy atom. The molecule has 0 saturated heterocycles. The second kappa shape index (κ2) is 11.9. The minimum Gasteiger partial charge on any atom is -0.481 e. The van der Waals surface area contributed by atoms with Crippen LogP contribution in [0.25, 0.3) is 0 Å². The Kier molecular flexibility index (Phi) is 9.90. The predicted octanol–water partition coefficient (Wildman–Crippen LogP) is 2.38. The predicted molar refractivity (Wildman–Crippen MR) is 97.6 cm³/mol. The smallest absolute Gasteiger partial charge is 0.481 e. The molecule has 0 radical (unpaired) electrons. The van der Waals surface area contributed by atoms with Crippen LogP contribution in [-0.2, 0) is 27.2 Å². The lowest BCUT2D eigenvalue weighted by Crippen LogP contribution is -2.25. The molecule has 0 atom stereocenters. The first-order chi connectivity index (χ1) is 13.6. The van der Waals surface area contributed by atoms with Crippen molar-refractivity contribution in [3.05, 3.63) is 23.4 Å². The number of nitrogens with one attached hydrogen (secondary N) is 2. The van der Waals surface area contributed by atoms with Crippen molar-refractivity contribution in [2.24, 2.45) is 0 Å². The average Bonchev–Trinajstić information content (AvgIpc) is 2.64. The van der Waals surface area contributed by atoms with Crippen LogP contribution in [0.1, 0.15) is 43.4 Å². The van der Waals surface area contributed by atoms with Gasteiger partial charge in [0.2, 0.25) is 5.91 Å². The molecule has 29 heavy (non-hydrogen) atoms. The minimum atomic E-state index is -5.08. The number of halogens is 3. The number of nitrogens with zero attached hydrogens (tertiary/aromatic N) is 1. The van der Waals surface area contributed by atoms with Crippen LogP contribution in [0.15, 0.2) is 12.1 Å². The van der Waals surface area contributed by atoms with Gasteiger partial charge in [0.25, 0.3) is 0 Å². The van der Waals surface area contributed by atoms with Crippen molar-refractivity contribution in [1.29, 1.82) is 0 Å². The molecule has 0 aliphatic carbocycles. The van der Waals surface area contributed by atoms with Crippen molar-refractivity contribution in [1.82, 2.24) is 10.3 Å². The van der Waals surface area contributed by atoms with Gasteiger partial charge in [-0.05, 0) is 43.7 Å². The summed E-state index contributed by atoms with van der Waals surface area (Å²) >= 11 is 0. The number of aromatic nitrogens is 1. The lowest BCUT2D eigenvalue weighted by molar-refractivity contribution is -0.192. The SMILES string of the molecule is O=C(O)C(F)(F)F.O=C(O)CCNC(=O)CCCCc1ccc2c(n1)NCCC2. The number of amides is 1. The molecule has 0 aromatic carbocycles. The summed E-state index contributed by atoms with van der Waals surface area (Å²) in [6.45, 7) is 1.19. The number of alkyl halides is 3. The minimum absolute atomic E-state index is 0.0300. The van der Waals surface area contributed by atoms with E-state index in [2.05, 4.69) is 27.8 Å². The number of aryl methyl sites for hydroxylation is 2. The van der Waals surface area contributed by atoms with Gasteiger partial charge in [0.1, 0.15) is 5.82 Å². The van der Waals surface area contributed by atoms with Crippen molar-refractivity contribution < 1.29 is 37.8 Å². The molecule has 2 rings (SSSR count). The number of carbonyl (C=O) groups excluding carboxylic acids is 1. The highest BCUT2D eigenvalue weighted by Crippen LogP contribution is 2.20.